The molecule has 1 unspecified atom stereocenters. The van der Waals surface area contributed by atoms with Gasteiger partial charge in [-0.05, 0) is 38.8 Å². The number of hydrogen-bond donors (Lipinski definition) is 1. The molecular formula is C19H28N2. The Bertz CT molecular complexity index is 478. The zero-order chi connectivity index (χ0) is 15.7. The minimum Gasteiger partial charge on any atom is -0.352 e. The van der Waals surface area contributed by atoms with Gasteiger partial charge < -0.3 is 4.90 Å². The SMILES string of the molecule is C=C/C=C(C)\C=C(/C)N1CNCC/C=C(C)\C=C/C1C=C. The minimum absolute atomic E-state index is 0.187. The molecule has 0 aromatic heterocycles. The van der Waals surface area contributed by atoms with Gasteiger partial charge in [0.15, 0.2) is 0 Å². The Balaban J connectivity index is 3.03. The smallest absolute Gasteiger partial charge is 0.0688 e. The van der Waals surface area contributed by atoms with Crippen LogP contribution in [0.25, 0.3) is 0 Å². The maximum absolute atomic E-state index is 3.99. The summed E-state index contributed by atoms with van der Waals surface area (Å²) in [5, 5.41) is 3.50. The number of hydrogen-bond acceptors (Lipinski definition) is 2. The molecule has 1 aliphatic heterocycles. The van der Waals surface area contributed by atoms with Gasteiger partial charge in [0, 0.05) is 12.2 Å². The minimum atomic E-state index is 0.187. The summed E-state index contributed by atoms with van der Waals surface area (Å²) in [4.78, 5) is 2.32. The molecule has 1 N–H and O–H groups in total. The number of allylic oxidation sites excluding steroid dienone is 7. The molecule has 1 rings (SSSR count). The van der Waals surface area contributed by atoms with E-state index in [1.807, 2.05) is 18.2 Å². The Morgan fingerprint density at radius 1 is 1.38 bits per heavy atom. The van der Waals surface area contributed by atoms with Crippen LogP contribution in [0.5, 0.6) is 0 Å². The van der Waals surface area contributed by atoms with Gasteiger partial charge in [-0.15, -0.1) is 6.58 Å². The summed E-state index contributed by atoms with van der Waals surface area (Å²) in [6, 6.07) is 0.187. The first-order valence-electron chi connectivity index (χ1n) is 7.51. The van der Waals surface area contributed by atoms with Crippen molar-refractivity contribution >= 4 is 0 Å². The van der Waals surface area contributed by atoms with Crippen molar-refractivity contribution in [1.82, 2.24) is 10.2 Å². The predicted molar refractivity (Wildman–Crippen MR) is 93.9 cm³/mol. The van der Waals surface area contributed by atoms with Crippen LogP contribution in [-0.2, 0) is 0 Å². The first-order valence-corrected chi connectivity index (χ1v) is 7.51. The highest BCUT2D eigenvalue weighted by molar-refractivity contribution is 5.26. The van der Waals surface area contributed by atoms with Crippen LogP contribution in [0.2, 0.25) is 0 Å². The van der Waals surface area contributed by atoms with Crippen molar-refractivity contribution in [3.8, 4) is 0 Å². The first-order chi connectivity index (χ1) is 10.1. The van der Waals surface area contributed by atoms with E-state index in [1.54, 1.807) is 0 Å². The molecule has 2 heteroatoms. The molecule has 1 heterocycles. The monoisotopic (exact) mass is 284 g/mol. The molecule has 1 atom stereocenters. The van der Waals surface area contributed by atoms with E-state index in [0.717, 1.165) is 19.6 Å². The van der Waals surface area contributed by atoms with E-state index in [-0.39, 0.29) is 6.04 Å². The molecule has 0 saturated carbocycles. The van der Waals surface area contributed by atoms with Crippen molar-refractivity contribution in [3.63, 3.8) is 0 Å². The normalized spacial score (nSPS) is 25.8. The quantitative estimate of drug-likeness (QED) is 0.610. The Hall–Kier alpha value is -1.80. The van der Waals surface area contributed by atoms with Crippen molar-refractivity contribution in [2.24, 2.45) is 0 Å². The highest BCUT2D eigenvalue weighted by atomic mass is 15.2. The van der Waals surface area contributed by atoms with Crippen LogP contribution in [0.3, 0.4) is 0 Å². The Labute approximate surface area is 129 Å². The van der Waals surface area contributed by atoms with Gasteiger partial charge >= 0.3 is 0 Å². The second kappa shape index (κ2) is 9.19. The molecule has 0 fully saturated rings. The fraction of sp³-hybridized carbons (Fsp3) is 0.368. The Kier molecular flexibility index (Phi) is 7.55. The number of nitrogens with one attached hydrogen (secondary N) is 1. The number of nitrogens with zero attached hydrogens (tertiary/aromatic N) is 1. The highest BCUT2D eigenvalue weighted by Gasteiger charge is 2.13. The van der Waals surface area contributed by atoms with Gasteiger partial charge in [-0.3, -0.25) is 5.32 Å². The van der Waals surface area contributed by atoms with Crippen LogP contribution < -0.4 is 5.32 Å². The average molecular weight is 284 g/mol. The topological polar surface area (TPSA) is 15.3 Å². The van der Waals surface area contributed by atoms with Crippen molar-refractivity contribution in [3.05, 3.63) is 72.5 Å². The summed E-state index contributed by atoms with van der Waals surface area (Å²) in [6.45, 7) is 15.9. The maximum Gasteiger partial charge on any atom is 0.0688 e. The highest BCUT2D eigenvalue weighted by Crippen LogP contribution is 2.15. The lowest BCUT2D eigenvalue weighted by atomic mass is 10.1. The van der Waals surface area contributed by atoms with E-state index in [0.29, 0.717) is 0 Å². The molecule has 0 bridgehead atoms. The molecule has 0 aromatic carbocycles. The summed E-state index contributed by atoms with van der Waals surface area (Å²) in [5.74, 6) is 0. The molecular weight excluding hydrogens is 256 g/mol. The van der Waals surface area contributed by atoms with E-state index in [2.05, 4.69) is 68.4 Å². The average Bonchev–Trinajstić information content (AvgIpc) is 2.45. The molecule has 0 amide bonds. The molecule has 0 saturated heterocycles. The zero-order valence-corrected chi connectivity index (χ0v) is 13.6. The summed E-state index contributed by atoms with van der Waals surface area (Å²) >= 11 is 0. The first kappa shape index (κ1) is 17.3. The lowest BCUT2D eigenvalue weighted by molar-refractivity contribution is 0.303. The van der Waals surface area contributed by atoms with E-state index in [9.17, 15) is 0 Å². The third-order valence-corrected chi connectivity index (χ3v) is 3.50. The molecule has 0 aromatic rings. The molecule has 0 spiro atoms. The standard InChI is InChI=1S/C19H28N2/c1-6-9-17(4)14-18(5)21-15-20-13-8-10-16(3)11-12-19(21)7-2/h6-7,9-12,14,19-20H,1-2,8,13,15H2,3-5H3/b12-11-,16-10-,17-9-,18-14+. The van der Waals surface area contributed by atoms with Crippen LogP contribution >= 0.6 is 0 Å². The second-order valence-corrected chi connectivity index (χ2v) is 5.38. The Morgan fingerprint density at radius 3 is 2.81 bits per heavy atom. The van der Waals surface area contributed by atoms with Gasteiger partial charge in [0.1, 0.15) is 0 Å². The maximum atomic E-state index is 3.99. The van der Waals surface area contributed by atoms with Crippen LogP contribution in [0.4, 0.5) is 0 Å². The van der Waals surface area contributed by atoms with Crippen molar-refractivity contribution < 1.29 is 0 Å². The second-order valence-electron chi connectivity index (χ2n) is 5.38. The van der Waals surface area contributed by atoms with Crippen molar-refractivity contribution in [1.29, 1.82) is 0 Å². The lowest BCUT2D eigenvalue weighted by Crippen LogP contribution is -2.39. The van der Waals surface area contributed by atoms with Crippen LogP contribution in [-0.4, -0.2) is 24.2 Å². The molecule has 0 aliphatic carbocycles. The van der Waals surface area contributed by atoms with Gasteiger partial charge in [0.05, 0.1) is 12.7 Å². The van der Waals surface area contributed by atoms with E-state index < -0.39 is 0 Å². The molecule has 21 heavy (non-hydrogen) atoms. The lowest BCUT2D eigenvalue weighted by Gasteiger charge is -2.31. The van der Waals surface area contributed by atoms with Gasteiger partial charge in [0.2, 0.25) is 0 Å². The van der Waals surface area contributed by atoms with E-state index in [4.69, 9.17) is 0 Å². The van der Waals surface area contributed by atoms with Gasteiger partial charge in [-0.2, -0.15) is 0 Å². The van der Waals surface area contributed by atoms with Gasteiger partial charge in [-0.1, -0.05) is 48.6 Å². The van der Waals surface area contributed by atoms with E-state index >= 15 is 0 Å². The Morgan fingerprint density at radius 2 is 2.14 bits per heavy atom. The largest absolute Gasteiger partial charge is 0.352 e. The van der Waals surface area contributed by atoms with Crippen molar-refractivity contribution in [2.75, 3.05) is 13.2 Å². The summed E-state index contributed by atoms with van der Waals surface area (Å²) in [6.07, 6.45) is 15.7. The summed E-state index contributed by atoms with van der Waals surface area (Å²) < 4.78 is 0. The summed E-state index contributed by atoms with van der Waals surface area (Å²) in [5.41, 5.74) is 3.71. The van der Waals surface area contributed by atoms with Gasteiger partial charge in [0.25, 0.3) is 0 Å². The van der Waals surface area contributed by atoms with Crippen LogP contribution in [0.15, 0.2) is 72.5 Å². The van der Waals surface area contributed by atoms with Crippen LogP contribution in [0.1, 0.15) is 27.2 Å². The van der Waals surface area contributed by atoms with Crippen LogP contribution in [0, 0.1) is 0 Å². The molecule has 0 radical (unpaired) electrons. The fourth-order valence-corrected chi connectivity index (χ4v) is 2.34. The zero-order valence-electron chi connectivity index (χ0n) is 13.6. The summed E-state index contributed by atoms with van der Waals surface area (Å²) in [7, 11) is 0. The molecule has 114 valence electrons. The van der Waals surface area contributed by atoms with Gasteiger partial charge in [-0.25, -0.2) is 0 Å². The third kappa shape index (κ3) is 6.01. The third-order valence-electron chi connectivity index (χ3n) is 3.50. The fourth-order valence-electron chi connectivity index (χ4n) is 2.34. The predicted octanol–water partition coefficient (Wildman–Crippen LogP) is 4.33. The van der Waals surface area contributed by atoms with Crippen molar-refractivity contribution in [2.45, 2.75) is 33.2 Å². The molecule has 1 aliphatic rings. The van der Waals surface area contributed by atoms with E-state index in [1.165, 1.54) is 16.8 Å². The molecule has 2 nitrogen and oxygen atoms in total. The number of rotatable bonds is 4.